The summed E-state index contributed by atoms with van der Waals surface area (Å²) in [6.45, 7) is 2.31. The summed E-state index contributed by atoms with van der Waals surface area (Å²) in [5.41, 5.74) is 6.67. The summed E-state index contributed by atoms with van der Waals surface area (Å²) in [6.07, 6.45) is 13.2. The van der Waals surface area contributed by atoms with Crippen LogP contribution in [0.1, 0.15) is 97.9 Å². The summed E-state index contributed by atoms with van der Waals surface area (Å²) in [7, 11) is 0. The Morgan fingerprint density at radius 3 is 2.25 bits per heavy atom. The van der Waals surface area contributed by atoms with Gasteiger partial charge in [0.25, 0.3) is 0 Å². The molecule has 0 aliphatic heterocycles. The third-order valence-corrected chi connectivity index (χ3v) is 7.26. The fourth-order valence-electron chi connectivity index (χ4n) is 5.43. The fraction of sp³-hybridized carbons (Fsp3) is 0.519. The number of unbranched alkanes of at least 4 members (excludes halogenated alkanes) is 1. The number of nitriles is 1. The number of hydrogen-bond donors (Lipinski definition) is 0. The molecule has 1 heteroatoms. The molecule has 0 radical (unpaired) electrons. The minimum atomic E-state index is 0.624. The van der Waals surface area contributed by atoms with Crippen molar-refractivity contribution in [3.8, 4) is 6.07 Å². The predicted molar refractivity (Wildman–Crippen MR) is 117 cm³/mol. The zero-order chi connectivity index (χ0) is 19.3. The average Bonchev–Trinajstić information content (AvgIpc) is 2.77. The lowest BCUT2D eigenvalue weighted by atomic mass is 9.76. The highest BCUT2D eigenvalue weighted by Gasteiger charge is 2.23. The van der Waals surface area contributed by atoms with E-state index in [0.717, 1.165) is 30.2 Å². The molecule has 0 heterocycles. The van der Waals surface area contributed by atoms with Gasteiger partial charge in [-0.1, -0.05) is 56.5 Å². The minimum absolute atomic E-state index is 0.624. The maximum atomic E-state index is 9.11. The molecule has 0 spiro atoms. The zero-order valence-electron chi connectivity index (χ0n) is 17.3. The molecule has 1 unspecified atom stereocenters. The van der Waals surface area contributed by atoms with Gasteiger partial charge in [0.1, 0.15) is 0 Å². The molecule has 2 aliphatic carbocycles. The van der Waals surface area contributed by atoms with Crippen LogP contribution in [0.5, 0.6) is 0 Å². The molecule has 0 N–H and O–H groups in total. The second-order valence-electron chi connectivity index (χ2n) is 9.06. The number of rotatable bonds is 5. The van der Waals surface area contributed by atoms with Crippen LogP contribution in [0, 0.1) is 17.2 Å². The molecule has 1 nitrogen and oxygen atoms in total. The van der Waals surface area contributed by atoms with Crippen LogP contribution in [0.3, 0.4) is 0 Å². The first-order valence-electron chi connectivity index (χ1n) is 11.4. The van der Waals surface area contributed by atoms with Gasteiger partial charge < -0.3 is 0 Å². The Bertz CT molecular complexity index is 818. The van der Waals surface area contributed by atoms with Crippen molar-refractivity contribution in [1.82, 2.24) is 0 Å². The van der Waals surface area contributed by atoms with E-state index in [1.807, 2.05) is 6.07 Å². The average molecular weight is 372 g/mol. The third-order valence-electron chi connectivity index (χ3n) is 7.26. The van der Waals surface area contributed by atoms with Crippen LogP contribution in [0.2, 0.25) is 0 Å². The van der Waals surface area contributed by atoms with Gasteiger partial charge in [0.15, 0.2) is 0 Å². The predicted octanol–water partition coefficient (Wildman–Crippen LogP) is 7.29. The second kappa shape index (κ2) is 8.95. The van der Waals surface area contributed by atoms with Gasteiger partial charge in [-0.05, 0) is 97.1 Å². The lowest BCUT2D eigenvalue weighted by Crippen LogP contribution is -2.14. The van der Waals surface area contributed by atoms with Crippen molar-refractivity contribution in [3.63, 3.8) is 0 Å². The van der Waals surface area contributed by atoms with Crippen LogP contribution < -0.4 is 0 Å². The summed E-state index contributed by atoms with van der Waals surface area (Å²) in [5, 5.41) is 9.11. The highest BCUT2D eigenvalue weighted by atomic mass is 14.3. The Hall–Kier alpha value is -2.07. The number of aryl methyl sites for hydroxylation is 1. The molecule has 2 aromatic carbocycles. The molecular formula is C27H33N. The van der Waals surface area contributed by atoms with E-state index >= 15 is 0 Å². The van der Waals surface area contributed by atoms with E-state index in [1.165, 1.54) is 68.1 Å². The second-order valence-corrected chi connectivity index (χ2v) is 9.06. The lowest BCUT2D eigenvalue weighted by molar-refractivity contribution is 0.304. The molecule has 2 aromatic rings. The zero-order valence-corrected chi connectivity index (χ0v) is 17.3. The third kappa shape index (κ3) is 4.33. The maximum absolute atomic E-state index is 9.11. The molecule has 1 atom stereocenters. The van der Waals surface area contributed by atoms with Gasteiger partial charge in [-0.3, -0.25) is 0 Å². The van der Waals surface area contributed by atoms with Crippen molar-refractivity contribution in [2.45, 2.75) is 83.0 Å². The summed E-state index contributed by atoms with van der Waals surface area (Å²) in [4.78, 5) is 0. The van der Waals surface area contributed by atoms with Gasteiger partial charge in [-0.25, -0.2) is 0 Å². The van der Waals surface area contributed by atoms with Crippen LogP contribution in [0.4, 0.5) is 0 Å². The Morgan fingerprint density at radius 2 is 1.57 bits per heavy atom. The van der Waals surface area contributed by atoms with Crippen LogP contribution >= 0.6 is 0 Å². The van der Waals surface area contributed by atoms with Gasteiger partial charge in [0.2, 0.25) is 0 Å². The molecule has 0 amide bonds. The van der Waals surface area contributed by atoms with Crippen LogP contribution in [0.15, 0.2) is 42.5 Å². The van der Waals surface area contributed by atoms with Crippen molar-refractivity contribution in [1.29, 1.82) is 5.26 Å². The van der Waals surface area contributed by atoms with Crippen molar-refractivity contribution in [3.05, 3.63) is 70.3 Å². The molecule has 28 heavy (non-hydrogen) atoms. The summed E-state index contributed by atoms with van der Waals surface area (Å²) in [5.74, 6) is 2.39. The van der Waals surface area contributed by atoms with Gasteiger partial charge >= 0.3 is 0 Å². The van der Waals surface area contributed by atoms with Gasteiger partial charge in [0, 0.05) is 0 Å². The Morgan fingerprint density at radius 1 is 0.857 bits per heavy atom. The maximum Gasteiger partial charge on any atom is 0.0991 e. The molecule has 146 valence electrons. The molecule has 4 rings (SSSR count). The van der Waals surface area contributed by atoms with Gasteiger partial charge in [0.05, 0.1) is 11.6 Å². The van der Waals surface area contributed by atoms with Gasteiger partial charge in [-0.2, -0.15) is 5.26 Å². The van der Waals surface area contributed by atoms with E-state index in [2.05, 4.69) is 49.4 Å². The van der Waals surface area contributed by atoms with E-state index in [9.17, 15) is 0 Å². The summed E-state index contributed by atoms with van der Waals surface area (Å²) >= 11 is 0. The van der Waals surface area contributed by atoms with E-state index < -0.39 is 0 Å². The number of hydrogen-bond acceptors (Lipinski definition) is 1. The van der Waals surface area contributed by atoms with Crippen LogP contribution in [-0.4, -0.2) is 0 Å². The highest BCUT2D eigenvalue weighted by Crippen LogP contribution is 2.39. The Kier molecular flexibility index (Phi) is 6.16. The highest BCUT2D eigenvalue weighted by molar-refractivity contribution is 5.41. The minimum Gasteiger partial charge on any atom is -0.192 e. The molecule has 0 bridgehead atoms. The van der Waals surface area contributed by atoms with Crippen LogP contribution in [-0.2, 0) is 12.8 Å². The first-order chi connectivity index (χ1) is 13.8. The monoisotopic (exact) mass is 371 g/mol. The molecular weight excluding hydrogens is 338 g/mol. The first kappa shape index (κ1) is 19.3. The van der Waals surface area contributed by atoms with E-state index in [4.69, 9.17) is 5.26 Å². The smallest absolute Gasteiger partial charge is 0.0991 e. The first-order valence-corrected chi connectivity index (χ1v) is 11.4. The van der Waals surface area contributed by atoms with Gasteiger partial charge in [-0.15, -0.1) is 0 Å². The molecule has 1 saturated carbocycles. The van der Waals surface area contributed by atoms with Crippen molar-refractivity contribution < 1.29 is 0 Å². The summed E-state index contributed by atoms with van der Waals surface area (Å²) in [6, 6.07) is 18.1. The topological polar surface area (TPSA) is 23.8 Å². The number of benzene rings is 2. The van der Waals surface area contributed by atoms with E-state index in [-0.39, 0.29) is 0 Å². The lowest BCUT2D eigenvalue weighted by Gasteiger charge is -2.29. The Balaban J connectivity index is 1.37. The number of fused-ring (bicyclic) bond motifs is 1. The van der Waals surface area contributed by atoms with Crippen molar-refractivity contribution in [2.75, 3.05) is 0 Å². The van der Waals surface area contributed by atoms with E-state index in [0.29, 0.717) is 5.92 Å². The number of nitrogens with zero attached hydrogens (tertiary/aromatic N) is 1. The molecule has 0 aromatic heterocycles. The fourth-order valence-corrected chi connectivity index (χ4v) is 5.43. The summed E-state index contributed by atoms with van der Waals surface area (Å²) < 4.78 is 0. The quantitative estimate of drug-likeness (QED) is 0.541. The molecule has 1 fully saturated rings. The van der Waals surface area contributed by atoms with Crippen molar-refractivity contribution in [2.24, 2.45) is 5.92 Å². The largest absolute Gasteiger partial charge is 0.192 e. The normalized spacial score (nSPS) is 24.4. The molecule has 0 saturated heterocycles. The van der Waals surface area contributed by atoms with E-state index in [1.54, 1.807) is 5.56 Å². The standard InChI is InChI=1S/C27H33N/c1-2-3-4-20-5-8-22(9-6-20)23-11-13-24(14-12-23)26-16-15-25-17-21(19-28)7-10-27(25)18-26/h7,10-14,17,20,22,26H,2-6,8-9,15-16,18H2,1H3. The van der Waals surface area contributed by atoms with Crippen LogP contribution in [0.25, 0.3) is 0 Å². The Labute approximate surface area is 170 Å². The van der Waals surface area contributed by atoms with Crippen molar-refractivity contribution >= 4 is 0 Å². The SMILES string of the molecule is CCCCC1CCC(c2ccc(C3CCc4cc(C#N)ccc4C3)cc2)CC1. The molecule has 2 aliphatic rings.